The predicted molar refractivity (Wildman–Crippen MR) is 89.0 cm³/mol. The Morgan fingerprint density at radius 1 is 1.21 bits per heavy atom. The highest BCUT2D eigenvalue weighted by molar-refractivity contribution is 7.91. The Kier molecular flexibility index (Phi) is 5.22. The first-order valence-electron chi connectivity index (χ1n) is 6.52. The van der Waals surface area contributed by atoms with Gasteiger partial charge in [-0.3, -0.25) is 10.1 Å². The van der Waals surface area contributed by atoms with Crippen molar-refractivity contribution < 1.29 is 23.2 Å². The van der Waals surface area contributed by atoms with Crippen molar-refractivity contribution in [3.05, 3.63) is 50.5 Å². The minimum Gasteiger partial charge on any atom is -0.507 e. The Morgan fingerprint density at radius 2 is 1.79 bits per heavy atom. The molecule has 0 radical (unpaired) electrons. The lowest BCUT2D eigenvalue weighted by molar-refractivity contribution is -0.384. The molecule has 1 N–H and O–H groups in total. The molecule has 2 aromatic carbocycles. The number of non-ortho nitro benzene ring substituents is 1. The topological polar surface area (TPSA) is 107 Å². The number of aromatic hydroxyl groups is 1. The van der Waals surface area contributed by atoms with Crippen LogP contribution in [0.1, 0.15) is 6.92 Å². The molecule has 24 heavy (non-hydrogen) atoms. The molecule has 0 spiro atoms. The number of ether oxygens (including phenoxy) is 1. The van der Waals surface area contributed by atoms with Crippen molar-refractivity contribution >= 4 is 38.7 Å². The third-order valence-corrected chi connectivity index (χ3v) is 5.38. The molecule has 0 aliphatic rings. The molecule has 0 amide bonds. The number of sulfone groups is 1. The van der Waals surface area contributed by atoms with E-state index in [1.807, 2.05) is 0 Å². The largest absolute Gasteiger partial charge is 0.507 e. The highest BCUT2D eigenvalue weighted by atomic mass is 35.5. The van der Waals surface area contributed by atoms with Gasteiger partial charge in [-0.15, -0.1) is 0 Å². The van der Waals surface area contributed by atoms with E-state index in [0.29, 0.717) is 0 Å². The van der Waals surface area contributed by atoms with E-state index < -0.39 is 20.5 Å². The number of phenolic OH excluding ortho intramolecular Hbond substituents is 1. The molecular weight excluding hydrogens is 381 g/mol. The van der Waals surface area contributed by atoms with Gasteiger partial charge >= 0.3 is 0 Å². The second kappa shape index (κ2) is 6.84. The van der Waals surface area contributed by atoms with Gasteiger partial charge in [0.1, 0.15) is 16.4 Å². The van der Waals surface area contributed by atoms with Crippen molar-refractivity contribution in [2.24, 2.45) is 0 Å². The van der Waals surface area contributed by atoms with Crippen molar-refractivity contribution in [2.75, 3.05) is 5.75 Å². The fraction of sp³-hybridized carbons (Fsp3) is 0.143. The van der Waals surface area contributed by atoms with Gasteiger partial charge in [0.25, 0.3) is 5.69 Å². The molecule has 0 fully saturated rings. The number of hydrogen-bond acceptors (Lipinski definition) is 6. The average Bonchev–Trinajstić information content (AvgIpc) is 2.51. The highest BCUT2D eigenvalue weighted by Gasteiger charge is 2.20. The molecule has 0 aliphatic heterocycles. The Morgan fingerprint density at radius 3 is 2.29 bits per heavy atom. The summed E-state index contributed by atoms with van der Waals surface area (Å²) in [6, 6.07) is 5.73. The standard InChI is InChI=1S/C14H11Cl2NO6S/c1-2-24(21,22)13-7-9(3-4-12(13)18)23-14-10(15)5-8(17(19)20)6-11(14)16/h3-7,18H,2H2,1H3. The maximum Gasteiger partial charge on any atom is 0.272 e. The number of halogens is 2. The first kappa shape index (κ1) is 18.3. The van der Waals surface area contributed by atoms with Crippen LogP contribution in [-0.2, 0) is 9.84 Å². The van der Waals surface area contributed by atoms with E-state index in [2.05, 4.69) is 0 Å². The van der Waals surface area contributed by atoms with Gasteiger partial charge in [-0.2, -0.15) is 0 Å². The van der Waals surface area contributed by atoms with E-state index in [0.717, 1.165) is 24.3 Å². The van der Waals surface area contributed by atoms with Crippen LogP contribution >= 0.6 is 23.2 Å². The zero-order chi connectivity index (χ0) is 18.1. The third-order valence-electron chi connectivity index (χ3n) is 3.06. The van der Waals surface area contributed by atoms with Crippen LogP contribution in [-0.4, -0.2) is 24.2 Å². The van der Waals surface area contributed by atoms with Crippen LogP contribution in [0.25, 0.3) is 0 Å². The molecular formula is C14H11Cl2NO6S. The molecule has 0 saturated carbocycles. The van der Waals surface area contributed by atoms with Gasteiger partial charge in [-0.05, 0) is 12.1 Å². The monoisotopic (exact) mass is 391 g/mol. The summed E-state index contributed by atoms with van der Waals surface area (Å²) in [4.78, 5) is 9.80. The van der Waals surface area contributed by atoms with Gasteiger partial charge in [-0.25, -0.2) is 8.42 Å². The summed E-state index contributed by atoms with van der Waals surface area (Å²) in [5, 5.41) is 20.2. The van der Waals surface area contributed by atoms with Gasteiger partial charge in [0, 0.05) is 18.2 Å². The van der Waals surface area contributed by atoms with Crippen molar-refractivity contribution in [1.82, 2.24) is 0 Å². The highest BCUT2D eigenvalue weighted by Crippen LogP contribution is 2.40. The number of rotatable bonds is 5. The summed E-state index contributed by atoms with van der Waals surface area (Å²) in [5.74, 6) is -0.625. The average molecular weight is 392 g/mol. The van der Waals surface area contributed by atoms with E-state index in [-0.39, 0.29) is 37.9 Å². The van der Waals surface area contributed by atoms with Gasteiger partial charge in [0.2, 0.25) is 0 Å². The first-order chi connectivity index (χ1) is 11.2. The van der Waals surface area contributed by atoms with Crippen molar-refractivity contribution in [1.29, 1.82) is 0 Å². The molecule has 0 bridgehead atoms. The van der Waals surface area contributed by atoms with E-state index in [1.165, 1.54) is 13.0 Å². The van der Waals surface area contributed by atoms with Crippen LogP contribution in [0.3, 0.4) is 0 Å². The molecule has 0 atom stereocenters. The third kappa shape index (κ3) is 3.72. The predicted octanol–water partition coefficient (Wildman–Crippen LogP) is 4.19. The van der Waals surface area contributed by atoms with Crippen LogP contribution in [0.4, 0.5) is 5.69 Å². The number of nitrogens with zero attached hydrogens (tertiary/aromatic N) is 1. The Labute approximate surface area is 147 Å². The van der Waals surface area contributed by atoms with Crippen molar-refractivity contribution in [3.8, 4) is 17.2 Å². The lowest BCUT2D eigenvalue weighted by Crippen LogP contribution is -2.04. The smallest absolute Gasteiger partial charge is 0.272 e. The van der Waals surface area contributed by atoms with Gasteiger partial charge in [0.15, 0.2) is 15.6 Å². The van der Waals surface area contributed by atoms with Gasteiger partial charge < -0.3 is 9.84 Å². The lowest BCUT2D eigenvalue weighted by Gasteiger charge is -2.11. The number of nitro groups is 1. The van der Waals surface area contributed by atoms with Crippen molar-refractivity contribution in [3.63, 3.8) is 0 Å². The molecule has 7 nitrogen and oxygen atoms in total. The summed E-state index contributed by atoms with van der Waals surface area (Å²) in [6.07, 6.45) is 0. The number of benzene rings is 2. The van der Waals surface area contributed by atoms with Gasteiger partial charge in [-0.1, -0.05) is 30.1 Å². The minimum atomic E-state index is -3.67. The second-order valence-electron chi connectivity index (χ2n) is 4.63. The zero-order valence-corrected chi connectivity index (χ0v) is 14.5. The van der Waals surface area contributed by atoms with Crippen LogP contribution in [0.2, 0.25) is 10.0 Å². The maximum absolute atomic E-state index is 11.9. The number of hydrogen-bond donors (Lipinski definition) is 1. The lowest BCUT2D eigenvalue weighted by atomic mass is 10.3. The van der Waals surface area contributed by atoms with Gasteiger partial charge in [0.05, 0.1) is 20.7 Å². The van der Waals surface area contributed by atoms with E-state index in [9.17, 15) is 23.6 Å². The molecule has 10 heteroatoms. The zero-order valence-electron chi connectivity index (χ0n) is 12.2. The quantitative estimate of drug-likeness (QED) is 0.604. The minimum absolute atomic E-state index is 0.0532. The van der Waals surface area contributed by atoms with Crippen LogP contribution in [0.5, 0.6) is 17.2 Å². The fourth-order valence-corrected chi connectivity index (χ4v) is 3.38. The summed E-state index contributed by atoms with van der Waals surface area (Å²) in [6.45, 7) is 1.44. The fourth-order valence-electron chi connectivity index (χ4n) is 1.83. The summed E-state index contributed by atoms with van der Waals surface area (Å²) in [5.41, 5.74) is -0.308. The van der Waals surface area contributed by atoms with E-state index >= 15 is 0 Å². The molecule has 2 rings (SSSR count). The molecule has 0 unspecified atom stereocenters. The number of phenols is 1. The Bertz CT molecular complexity index is 890. The summed E-state index contributed by atoms with van der Waals surface area (Å²) < 4.78 is 29.3. The van der Waals surface area contributed by atoms with Crippen LogP contribution in [0.15, 0.2) is 35.2 Å². The van der Waals surface area contributed by atoms with Crippen LogP contribution < -0.4 is 4.74 Å². The maximum atomic E-state index is 11.9. The normalized spacial score (nSPS) is 11.3. The second-order valence-corrected chi connectivity index (χ2v) is 7.69. The molecule has 0 saturated heterocycles. The number of nitro benzene ring substituents is 1. The van der Waals surface area contributed by atoms with Crippen LogP contribution in [0, 0.1) is 10.1 Å². The Balaban J connectivity index is 2.46. The molecule has 0 aromatic heterocycles. The summed E-state index contributed by atoms with van der Waals surface area (Å²) in [7, 11) is -3.67. The van der Waals surface area contributed by atoms with Crippen molar-refractivity contribution in [2.45, 2.75) is 11.8 Å². The summed E-state index contributed by atoms with van der Waals surface area (Å²) >= 11 is 11.9. The first-order valence-corrected chi connectivity index (χ1v) is 8.93. The van der Waals surface area contributed by atoms with E-state index in [1.54, 1.807) is 0 Å². The molecule has 0 aliphatic carbocycles. The van der Waals surface area contributed by atoms with E-state index in [4.69, 9.17) is 27.9 Å². The molecule has 0 heterocycles. The molecule has 128 valence electrons. The Hall–Kier alpha value is -2.03. The SMILES string of the molecule is CCS(=O)(=O)c1cc(Oc2c(Cl)cc([N+](=O)[O-])cc2Cl)ccc1O. The molecule has 2 aromatic rings.